The molecule has 2 atom stereocenters. The summed E-state index contributed by atoms with van der Waals surface area (Å²) in [7, 11) is 9.06. The van der Waals surface area contributed by atoms with Crippen molar-refractivity contribution in [2.24, 2.45) is 0 Å². The van der Waals surface area contributed by atoms with E-state index in [1.807, 2.05) is 0 Å². The number of benzene rings is 4. The minimum absolute atomic E-state index is 0.00528. The predicted octanol–water partition coefficient (Wildman–Crippen LogP) is 6.90. The normalized spacial score (nSPS) is 16.4. The molecule has 0 aliphatic carbocycles. The maximum atomic E-state index is 15.2. The molecule has 2 heterocycles. The van der Waals surface area contributed by atoms with Crippen LogP contribution in [0.4, 0.5) is 10.1 Å². The Morgan fingerprint density at radius 1 is 0.750 bits per heavy atom. The number of anilines is 1. The van der Waals surface area contributed by atoms with Crippen LogP contribution in [-0.4, -0.2) is 91.8 Å². The number of fused-ring (bicyclic) bond motifs is 1. The number of esters is 1. The first kappa shape index (κ1) is 39.8. The van der Waals surface area contributed by atoms with Crippen molar-refractivity contribution in [2.75, 3.05) is 74.2 Å². The molecular formula is C42H47FN2O11. The van der Waals surface area contributed by atoms with Gasteiger partial charge in [-0.15, -0.1) is 0 Å². The molecule has 4 aromatic carbocycles. The van der Waals surface area contributed by atoms with Crippen LogP contribution in [0.15, 0.2) is 60.7 Å². The molecule has 13 nitrogen and oxygen atoms in total. The van der Waals surface area contributed by atoms with Crippen LogP contribution in [0, 0.1) is 5.82 Å². The third kappa shape index (κ3) is 8.81. The molecule has 6 rings (SSSR count). The zero-order valence-electron chi connectivity index (χ0n) is 32.4. The lowest BCUT2D eigenvalue weighted by atomic mass is 9.93. The predicted molar refractivity (Wildman–Crippen MR) is 205 cm³/mol. The molecule has 14 heteroatoms. The lowest BCUT2D eigenvalue weighted by Gasteiger charge is -2.34. The smallest absolute Gasteiger partial charge is 0.338 e. The molecule has 0 saturated carbocycles. The third-order valence-electron chi connectivity index (χ3n) is 9.86. The molecule has 2 aliphatic rings. The number of hydrogen-bond acceptors (Lipinski definition) is 12. The standard InChI is InChI=1S/C42H47FN2O11/c1-48-28-22-33(50-3)29-24-38(39(55-34(29)23-28)27-20-36(51-4)40(53-6)37(21-27)52-5)56-42(47)26-10-12-30(43)31(18-26)44-41(46)25-11-13-32(49-2)35(19-25)54-17-16-45-14-8-7-9-15-45/h10-13,18-23,38-39H,7-9,14-17,24H2,1-6H3,(H,44,46)/t38-,39-/m1/s1. The van der Waals surface area contributed by atoms with Crippen molar-refractivity contribution >= 4 is 17.6 Å². The summed E-state index contributed by atoms with van der Waals surface area (Å²) in [6, 6.07) is 15.2. The van der Waals surface area contributed by atoms with E-state index in [4.69, 9.17) is 42.6 Å². The highest BCUT2D eigenvalue weighted by molar-refractivity contribution is 6.05. The molecule has 56 heavy (non-hydrogen) atoms. The van der Waals surface area contributed by atoms with Gasteiger partial charge in [-0.25, -0.2) is 9.18 Å². The summed E-state index contributed by atoms with van der Waals surface area (Å²) < 4.78 is 67.2. The molecule has 298 valence electrons. The number of nitrogens with zero attached hydrogens (tertiary/aromatic N) is 1. The molecule has 0 bridgehead atoms. The van der Waals surface area contributed by atoms with Crippen molar-refractivity contribution in [3.05, 3.63) is 88.7 Å². The summed E-state index contributed by atoms with van der Waals surface area (Å²) in [4.78, 5) is 29.7. The van der Waals surface area contributed by atoms with Gasteiger partial charge >= 0.3 is 5.97 Å². The highest BCUT2D eigenvalue weighted by atomic mass is 19.1. The van der Waals surface area contributed by atoms with Crippen molar-refractivity contribution < 1.29 is 56.6 Å². The second-order valence-corrected chi connectivity index (χ2v) is 13.2. The number of halogens is 1. The summed E-state index contributed by atoms with van der Waals surface area (Å²) in [5.41, 5.74) is 1.20. The van der Waals surface area contributed by atoms with Crippen LogP contribution in [0.2, 0.25) is 0 Å². The zero-order valence-corrected chi connectivity index (χ0v) is 32.4. The molecule has 0 radical (unpaired) electrons. The highest BCUT2D eigenvalue weighted by Gasteiger charge is 2.38. The van der Waals surface area contributed by atoms with Gasteiger partial charge in [0.25, 0.3) is 5.91 Å². The number of nitrogens with one attached hydrogen (secondary N) is 1. The van der Waals surface area contributed by atoms with Gasteiger partial charge in [0, 0.05) is 41.8 Å². The second-order valence-electron chi connectivity index (χ2n) is 13.2. The Morgan fingerprint density at radius 2 is 1.45 bits per heavy atom. The summed E-state index contributed by atoms with van der Waals surface area (Å²) in [5, 5.41) is 2.59. The fourth-order valence-electron chi connectivity index (χ4n) is 6.92. The third-order valence-corrected chi connectivity index (χ3v) is 9.86. The van der Waals surface area contributed by atoms with Gasteiger partial charge in [-0.05, 0) is 74.5 Å². The van der Waals surface area contributed by atoms with Gasteiger partial charge in [0.2, 0.25) is 5.75 Å². The van der Waals surface area contributed by atoms with E-state index in [9.17, 15) is 9.59 Å². The number of likely N-dealkylation sites (tertiary alicyclic amines) is 1. The molecule has 1 amide bonds. The van der Waals surface area contributed by atoms with E-state index in [0.29, 0.717) is 63.7 Å². The van der Waals surface area contributed by atoms with Crippen LogP contribution in [0.1, 0.15) is 57.2 Å². The van der Waals surface area contributed by atoms with E-state index < -0.39 is 29.9 Å². The summed E-state index contributed by atoms with van der Waals surface area (Å²) in [5.74, 6) is 1.29. The number of amides is 1. The average molecular weight is 775 g/mol. The van der Waals surface area contributed by atoms with E-state index >= 15 is 4.39 Å². The van der Waals surface area contributed by atoms with E-state index in [1.165, 1.54) is 74.1 Å². The molecule has 2 aliphatic heterocycles. The maximum Gasteiger partial charge on any atom is 0.338 e. The van der Waals surface area contributed by atoms with Crippen LogP contribution < -0.4 is 43.2 Å². The van der Waals surface area contributed by atoms with Gasteiger partial charge in [0.1, 0.15) is 35.8 Å². The minimum Gasteiger partial charge on any atom is -0.496 e. The number of carbonyl (C=O) groups excluding carboxylic acids is 2. The van der Waals surface area contributed by atoms with Crippen molar-refractivity contribution in [3.63, 3.8) is 0 Å². The van der Waals surface area contributed by atoms with Crippen molar-refractivity contribution in [1.29, 1.82) is 0 Å². The summed E-state index contributed by atoms with van der Waals surface area (Å²) in [6.07, 6.45) is 1.96. The Kier molecular flexibility index (Phi) is 12.9. The monoisotopic (exact) mass is 774 g/mol. The molecule has 1 saturated heterocycles. The molecule has 1 N–H and O–H groups in total. The van der Waals surface area contributed by atoms with Crippen LogP contribution in [0.5, 0.6) is 46.0 Å². The number of carbonyl (C=O) groups is 2. The van der Waals surface area contributed by atoms with Gasteiger partial charge in [-0.1, -0.05) is 6.42 Å². The molecule has 0 aromatic heterocycles. The maximum absolute atomic E-state index is 15.2. The first-order valence-corrected chi connectivity index (χ1v) is 18.3. The van der Waals surface area contributed by atoms with Crippen LogP contribution in [0.3, 0.4) is 0 Å². The average Bonchev–Trinajstić information content (AvgIpc) is 3.23. The lowest BCUT2D eigenvalue weighted by Crippen LogP contribution is -2.35. The Bertz CT molecular complexity index is 2010. The SMILES string of the molecule is COc1cc(OC)c2c(c1)O[C@H](c1cc(OC)c(OC)c(OC)c1)[C@H](OC(=O)c1ccc(F)c(NC(=O)c3ccc(OC)c(OCCN4CCCCC4)c3)c1)C2. The number of ether oxygens (including phenoxy) is 9. The van der Waals surface area contributed by atoms with Crippen LogP contribution >= 0.6 is 0 Å². The highest BCUT2D eigenvalue weighted by Crippen LogP contribution is 2.47. The molecule has 1 fully saturated rings. The number of methoxy groups -OCH3 is 6. The minimum atomic E-state index is -0.921. The fraction of sp³-hybridized carbons (Fsp3) is 0.381. The quantitative estimate of drug-likeness (QED) is 0.126. The number of piperidine rings is 1. The van der Waals surface area contributed by atoms with Gasteiger partial charge in [0.05, 0.1) is 53.9 Å². The Labute approximate surface area is 325 Å². The van der Waals surface area contributed by atoms with Crippen molar-refractivity contribution in [1.82, 2.24) is 4.90 Å². The van der Waals surface area contributed by atoms with Gasteiger partial charge in [-0.3, -0.25) is 9.69 Å². The van der Waals surface area contributed by atoms with Crippen LogP contribution in [-0.2, 0) is 11.2 Å². The van der Waals surface area contributed by atoms with Gasteiger partial charge in [-0.2, -0.15) is 0 Å². The zero-order chi connectivity index (χ0) is 39.8. The van der Waals surface area contributed by atoms with E-state index in [0.717, 1.165) is 25.7 Å². The Morgan fingerprint density at radius 3 is 2.11 bits per heavy atom. The van der Waals surface area contributed by atoms with E-state index in [-0.39, 0.29) is 23.2 Å². The second kappa shape index (κ2) is 18.2. The number of hydrogen-bond donors (Lipinski definition) is 1. The first-order valence-electron chi connectivity index (χ1n) is 18.3. The van der Waals surface area contributed by atoms with Crippen molar-refractivity contribution in [3.8, 4) is 46.0 Å². The lowest BCUT2D eigenvalue weighted by molar-refractivity contribution is -0.0188. The topological polar surface area (TPSA) is 132 Å². The van der Waals surface area contributed by atoms with Gasteiger partial charge in [0.15, 0.2) is 29.1 Å². The number of rotatable bonds is 15. The van der Waals surface area contributed by atoms with Gasteiger partial charge < -0.3 is 47.9 Å². The van der Waals surface area contributed by atoms with Crippen LogP contribution in [0.25, 0.3) is 0 Å². The van der Waals surface area contributed by atoms with Crippen molar-refractivity contribution in [2.45, 2.75) is 37.9 Å². The molecule has 4 aromatic rings. The summed E-state index contributed by atoms with van der Waals surface area (Å²) in [6.45, 7) is 3.22. The van der Waals surface area contributed by atoms with E-state index in [2.05, 4.69) is 10.2 Å². The first-order chi connectivity index (χ1) is 27.2. The molecule has 0 unspecified atom stereocenters. The summed E-state index contributed by atoms with van der Waals surface area (Å²) >= 11 is 0. The Hall–Kier alpha value is -5.89. The molecule has 0 spiro atoms. The largest absolute Gasteiger partial charge is 0.496 e. The fourth-order valence-corrected chi connectivity index (χ4v) is 6.92. The van der Waals surface area contributed by atoms with E-state index in [1.54, 1.807) is 42.5 Å². The molecular weight excluding hydrogens is 727 g/mol. The Balaban J connectivity index is 1.24.